The molecule has 4 nitrogen and oxygen atoms in total. The van der Waals surface area contributed by atoms with E-state index in [2.05, 4.69) is 0 Å². The number of carbonyl (C=O) groups is 2. The lowest BCUT2D eigenvalue weighted by Gasteiger charge is -2.25. The van der Waals surface area contributed by atoms with Gasteiger partial charge in [-0.05, 0) is 18.9 Å². The number of carbonyl (C=O) groups excluding carboxylic acids is 1. The Morgan fingerprint density at radius 3 is 2.55 bits per heavy atom. The number of hydrogen-bond donors (Lipinski definition) is 1. The lowest BCUT2D eigenvalue weighted by atomic mass is 10.0. The summed E-state index contributed by atoms with van der Waals surface area (Å²) in [6.07, 6.45) is 4.73. The maximum Gasteiger partial charge on any atom is 0.305 e. The lowest BCUT2D eigenvalue weighted by Crippen LogP contribution is -2.36. The first-order chi connectivity index (χ1) is 10.5. The van der Waals surface area contributed by atoms with Crippen molar-refractivity contribution in [3.63, 3.8) is 0 Å². The van der Waals surface area contributed by atoms with E-state index < -0.39 is 17.6 Å². The fourth-order valence-electron chi connectivity index (χ4n) is 2.45. The van der Waals surface area contributed by atoms with Crippen LogP contribution in [0.5, 0.6) is 0 Å². The lowest BCUT2D eigenvalue weighted by molar-refractivity contribution is -0.140. The molecule has 1 aromatic carbocycles. The molecule has 2 rings (SSSR count). The summed E-state index contributed by atoms with van der Waals surface area (Å²) in [6.45, 7) is -0.160. The molecule has 0 aromatic heterocycles. The molecule has 22 heavy (non-hydrogen) atoms. The van der Waals surface area contributed by atoms with Crippen LogP contribution in [0.4, 0.5) is 8.78 Å². The van der Waals surface area contributed by atoms with Crippen LogP contribution in [0.15, 0.2) is 30.4 Å². The van der Waals surface area contributed by atoms with Crippen molar-refractivity contribution < 1.29 is 23.5 Å². The van der Waals surface area contributed by atoms with Gasteiger partial charge in [0.25, 0.3) is 0 Å². The molecule has 0 aliphatic heterocycles. The van der Waals surface area contributed by atoms with E-state index in [1.165, 1.54) is 17.0 Å². The molecule has 0 fully saturated rings. The first kappa shape index (κ1) is 16.1. The number of carboxylic acid groups (broad SMARTS) is 1. The van der Waals surface area contributed by atoms with Crippen molar-refractivity contribution in [2.24, 2.45) is 5.92 Å². The summed E-state index contributed by atoms with van der Waals surface area (Å²) < 4.78 is 27.0. The molecular weight excluding hydrogens is 292 g/mol. The van der Waals surface area contributed by atoms with Crippen LogP contribution in [-0.4, -0.2) is 28.4 Å². The maximum atomic E-state index is 13.8. The Hall–Kier alpha value is -2.24. The van der Waals surface area contributed by atoms with E-state index in [9.17, 15) is 18.4 Å². The smallest absolute Gasteiger partial charge is 0.305 e. The van der Waals surface area contributed by atoms with E-state index in [0.29, 0.717) is 12.8 Å². The van der Waals surface area contributed by atoms with Crippen molar-refractivity contribution in [1.29, 1.82) is 0 Å². The Balaban J connectivity index is 2.14. The van der Waals surface area contributed by atoms with Crippen LogP contribution in [0.25, 0.3) is 0 Å². The quantitative estimate of drug-likeness (QED) is 0.822. The number of aliphatic carboxylic acids is 1. The molecule has 1 aromatic rings. The van der Waals surface area contributed by atoms with E-state index in [1.807, 2.05) is 12.2 Å². The third-order valence-corrected chi connectivity index (χ3v) is 3.66. The largest absolute Gasteiger partial charge is 0.481 e. The highest BCUT2D eigenvalue weighted by atomic mass is 19.2. The second kappa shape index (κ2) is 7.15. The Bertz CT molecular complexity index is 593. The van der Waals surface area contributed by atoms with E-state index in [0.717, 1.165) is 6.07 Å². The minimum atomic E-state index is -1.04. The van der Waals surface area contributed by atoms with Crippen molar-refractivity contribution in [3.05, 3.63) is 47.5 Å². The number of amides is 1. The molecule has 0 spiro atoms. The van der Waals surface area contributed by atoms with Gasteiger partial charge in [-0.3, -0.25) is 9.59 Å². The van der Waals surface area contributed by atoms with Crippen LogP contribution >= 0.6 is 0 Å². The second-order valence-electron chi connectivity index (χ2n) is 5.26. The van der Waals surface area contributed by atoms with Gasteiger partial charge in [-0.15, -0.1) is 0 Å². The van der Waals surface area contributed by atoms with E-state index >= 15 is 0 Å². The molecule has 1 N–H and O–H groups in total. The van der Waals surface area contributed by atoms with Gasteiger partial charge in [-0.25, -0.2) is 8.78 Å². The van der Waals surface area contributed by atoms with Gasteiger partial charge < -0.3 is 10.0 Å². The summed E-state index contributed by atoms with van der Waals surface area (Å²) >= 11 is 0. The topological polar surface area (TPSA) is 57.6 Å². The number of allylic oxidation sites excluding steroid dienone is 2. The van der Waals surface area contributed by atoms with Gasteiger partial charge >= 0.3 is 5.97 Å². The van der Waals surface area contributed by atoms with Crippen LogP contribution in [0.2, 0.25) is 0 Å². The highest BCUT2D eigenvalue weighted by Crippen LogP contribution is 2.22. The molecule has 0 saturated carbocycles. The van der Waals surface area contributed by atoms with Crippen molar-refractivity contribution >= 4 is 11.9 Å². The first-order valence-electron chi connectivity index (χ1n) is 7.07. The van der Waals surface area contributed by atoms with Gasteiger partial charge in [0.1, 0.15) is 0 Å². The van der Waals surface area contributed by atoms with Crippen LogP contribution in [0.3, 0.4) is 0 Å². The summed E-state index contributed by atoms with van der Waals surface area (Å²) in [5, 5.41) is 8.79. The average Bonchev–Trinajstić information content (AvgIpc) is 3.01. The molecule has 1 aliphatic rings. The van der Waals surface area contributed by atoms with Crippen molar-refractivity contribution in [2.75, 3.05) is 6.54 Å². The summed E-state index contributed by atoms with van der Waals surface area (Å²) in [6, 6.07) is 3.76. The highest BCUT2D eigenvalue weighted by molar-refractivity contribution is 5.80. The predicted octanol–water partition coefficient (Wildman–Crippen LogP) is 2.73. The maximum absolute atomic E-state index is 13.8. The molecule has 1 amide bonds. The summed E-state index contributed by atoms with van der Waals surface area (Å²) in [7, 11) is 0. The zero-order valence-electron chi connectivity index (χ0n) is 12.0. The molecule has 1 aliphatic carbocycles. The fourth-order valence-corrected chi connectivity index (χ4v) is 2.45. The SMILES string of the molecule is O=C(O)CCN(Cc1cccc(F)c1F)C(=O)C1CC=CC1. The Kier molecular flexibility index (Phi) is 5.25. The Labute approximate surface area is 127 Å². The van der Waals surface area contributed by atoms with E-state index in [1.54, 1.807) is 0 Å². The van der Waals surface area contributed by atoms with Gasteiger partial charge in [-0.2, -0.15) is 0 Å². The van der Waals surface area contributed by atoms with Crippen LogP contribution in [0.1, 0.15) is 24.8 Å². The van der Waals surface area contributed by atoms with Gasteiger partial charge in [0.05, 0.1) is 6.42 Å². The first-order valence-corrected chi connectivity index (χ1v) is 7.07. The molecule has 0 heterocycles. The predicted molar refractivity (Wildman–Crippen MR) is 75.9 cm³/mol. The number of halogens is 2. The molecular formula is C16H17F2NO3. The van der Waals surface area contributed by atoms with Gasteiger partial charge in [-0.1, -0.05) is 24.3 Å². The Morgan fingerprint density at radius 1 is 1.23 bits per heavy atom. The molecule has 0 radical (unpaired) electrons. The second-order valence-corrected chi connectivity index (χ2v) is 5.26. The summed E-state index contributed by atoms with van der Waals surface area (Å²) in [5.74, 6) is -3.49. The average molecular weight is 309 g/mol. The van der Waals surface area contributed by atoms with Crippen molar-refractivity contribution in [3.8, 4) is 0 Å². The van der Waals surface area contributed by atoms with Gasteiger partial charge in [0, 0.05) is 24.6 Å². The van der Waals surface area contributed by atoms with Gasteiger partial charge in [0.2, 0.25) is 5.91 Å². The van der Waals surface area contributed by atoms with Crippen LogP contribution in [-0.2, 0) is 16.1 Å². The fraction of sp³-hybridized carbons (Fsp3) is 0.375. The van der Waals surface area contributed by atoms with Crippen LogP contribution in [0, 0.1) is 17.6 Å². The number of rotatable bonds is 6. The normalized spacial score (nSPS) is 14.3. The van der Waals surface area contributed by atoms with Gasteiger partial charge in [0.15, 0.2) is 11.6 Å². The van der Waals surface area contributed by atoms with E-state index in [-0.39, 0.29) is 36.9 Å². The third kappa shape index (κ3) is 3.90. The molecule has 0 bridgehead atoms. The van der Waals surface area contributed by atoms with Crippen molar-refractivity contribution in [2.45, 2.75) is 25.8 Å². The standard InChI is InChI=1S/C16H17F2NO3/c17-13-7-3-6-12(15(13)18)10-19(9-8-14(20)21)16(22)11-4-1-2-5-11/h1-3,6-7,11H,4-5,8-10H2,(H,20,21). The highest BCUT2D eigenvalue weighted by Gasteiger charge is 2.26. The van der Waals surface area contributed by atoms with Crippen molar-refractivity contribution in [1.82, 2.24) is 4.90 Å². The minimum Gasteiger partial charge on any atom is -0.481 e. The molecule has 118 valence electrons. The summed E-state index contributed by atoms with van der Waals surface area (Å²) in [4.78, 5) is 24.5. The molecule has 0 unspecified atom stereocenters. The van der Waals surface area contributed by atoms with Crippen LogP contribution < -0.4 is 0 Å². The number of hydrogen-bond acceptors (Lipinski definition) is 2. The zero-order chi connectivity index (χ0) is 16.1. The monoisotopic (exact) mass is 309 g/mol. The molecule has 0 atom stereocenters. The number of benzene rings is 1. The Morgan fingerprint density at radius 2 is 1.91 bits per heavy atom. The zero-order valence-corrected chi connectivity index (χ0v) is 12.0. The molecule has 0 saturated heterocycles. The number of nitrogens with zero attached hydrogens (tertiary/aromatic N) is 1. The molecule has 6 heteroatoms. The minimum absolute atomic E-state index is 0.0272. The third-order valence-electron chi connectivity index (χ3n) is 3.66. The van der Waals surface area contributed by atoms with E-state index in [4.69, 9.17) is 5.11 Å². The summed E-state index contributed by atoms with van der Waals surface area (Å²) in [5.41, 5.74) is 0.0460. The number of carboxylic acids is 1.